The summed E-state index contributed by atoms with van der Waals surface area (Å²) in [6.45, 7) is 0.575. The van der Waals surface area contributed by atoms with E-state index in [-0.39, 0.29) is 22.9 Å². The number of ether oxygens (including phenoxy) is 1. The lowest BCUT2D eigenvalue weighted by Gasteiger charge is -2.24. The molecule has 0 fully saturated rings. The lowest BCUT2D eigenvalue weighted by Crippen LogP contribution is -2.26. The van der Waals surface area contributed by atoms with Crippen LogP contribution >= 0.6 is 0 Å². The first-order chi connectivity index (χ1) is 17.8. The fourth-order valence-corrected chi connectivity index (χ4v) is 3.98. The van der Waals surface area contributed by atoms with E-state index in [1.807, 2.05) is 37.2 Å². The molecule has 1 amide bonds. The smallest absolute Gasteiger partial charge is 0.337 e. The summed E-state index contributed by atoms with van der Waals surface area (Å²) in [4.78, 5) is 34.9. The van der Waals surface area contributed by atoms with Gasteiger partial charge in [-0.3, -0.25) is 4.79 Å². The van der Waals surface area contributed by atoms with Crippen molar-refractivity contribution in [3.05, 3.63) is 89.5 Å². The number of likely N-dealkylation sites (N-methyl/N-ethyl adjacent to an activating group) is 1. The predicted molar refractivity (Wildman–Crippen MR) is 139 cm³/mol. The van der Waals surface area contributed by atoms with Gasteiger partial charge < -0.3 is 25.4 Å². The lowest BCUT2D eigenvalue weighted by atomic mass is 10.0. The average molecular weight is 504 g/mol. The van der Waals surface area contributed by atoms with Crippen molar-refractivity contribution >= 4 is 34.3 Å². The van der Waals surface area contributed by atoms with Crippen molar-refractivity contribution in [3.8, 4) is 5.75 Å². The van der Waals surface area contributed by atoms with E-state index in [0.29, 0.717) is 29.0 Å². The maximum absolute atomic E-state index is 14.1. The third-order valence-electron chi connectivity index (χ3n) is 5.71. The zero-order valence-corrected chi connectivity index (χ0v) is 20.5. The van der Waals surface area contributed by atoms with E-state index in [1.54, 1.807) is 18.2 Å². The number of hydrogen-bond donors (Lipinski definition) is 3. The van der Waals surface area contributed by atoms with Crippen LogP contribution < -0.4 is 15.4 Å². The zero-order valence-electron chi connectivity index (χ0n) is 20.5. The van der Waals surface area contributed by atoms with Crippen molar-refractivity contribution < 1.29 is 23.8 Å². The molecule has 0 saturated heterocycles. The number of aromatic nitrogens is 2. The van der Waals surface area contributed by atoms with Gasteiger partial charge in [-0.1, -0.05) is 18.2 Å². The molecule has 3 N–H and O–H groups in total. The van der Waals surface area contributed by atoms with Crippen molar-refractivity contribution in [2.45, 2.75) is 6.04 Å². The van der Waals surface area contributed by atoms with Crippen LogP contribution in [0.5, 0.6) is 5.75 Å². The molecule has 3 aromatic carbocycles. The van der Waals surface area contributed by atoms with Crippen molar-refractivity contribution in [2.24, 2.45) is 0 Å². The van der Waals surface area contributed by atoms with Crippen LogP contribution in [-0.2, 0) is 0 Å². The third kappa shape index (κ3) is 5.81. The highest BCUT2D eigenvalue weighted by Gasteiger charge is 2.18. The monoisotopic (exact) mass is 503 g/mol. The average Bonchev–Trinajstić information content (AvgIpc) is 2.88. The van der Waals surface area contributed by atoms with Gasteiger partial charge in [-0.25, -0.2) is 19.2 Å². The first-order valence-electron chi connectivity index (χ1n) is 11.4. The fourth-order valence-electron chi connectivity index (χ4n) is 3.98. The molecule has 9 nitrogen and oxygen atoms in total. The molecule has 0 aliphatic carbocycles. The maximum atomic E-state index is 14.1. The van der Waals surface area contributed by atoms with Gasteiger partial charge >= 0.3 is 5.97 Å². The largest absolute Gasteiger partial charge is 0.494 e. The van der Waals surface area contributed by atoms with E-state index in [4.69, 9.17) is 4.74 Å². The fraction of sp³-hybridized carbons (Fsp3) is 0.185. The second kappa shape index (κ2) is 11.0. The van der Waals surface area contributed by atoms with Crippen LogP contribution in [0.3, 0.4) is 0 Å². The molecule has 10 heteroatoms. The number of carboxylic acid groups (broad SMARTS) is 1. The number of amides is 1. The van der Waals surface area contributed by atoms with Crippen LogP contribution in [0.4, 0.5) is 15.9 Å². The van der Waals surface area contributed by atoms with Gasteiger partial charge in [0.25, 0.3) is 5.91 Å². The number of para-hydroxylation sites is 1. The number of methoxy groups -OCH3 is 1. The highest BCUT2D eigenvalue weighted by Crippen LogP contribution is 2.28. The molecule has 0 bridgehead atoms. The van der Waals surface area contributed by atoms with Gasteiger partial charge in [-0.15, -0.1) is 0 Å². The van der Waals surface area contributed by atoms with Crippen LogP contribution in [0, 0.1) is 5.82 Å². The summed E-state index contributed by atoms with van der Waals surface area (Å²) < 4.78 is 19.0. The maximum Gasteiger partial charge on any atom is 0.337 e. The van der Waals surface area contributed by atoms with Gasteiger partial charge in [0.2, 0.25) is 0 Å². The summed E-state index contributed by atoms with van der Waals surface area (Å²) in [6.07, 6.45) is 1.33. The second-order valence-corrected chi connectivity index (χ2v) is 8.62. The SMILES string of the molecule is COc1ccc(C(=O)Nc2cccc(C(CN(C)C)Nc3ncnc4c(C(=O)O)cccc34)c2)cc1F. The number of carbonyl (C=O) groups excluding carboxylic acids is 1. The van der Waals surface area contributed by atoms with Gasteiger partial charge in [-0.05, 0) is 62.1 Å². The van der Waals surface area contributed by atoms with E-state index in [9.17, 15) is 19.1 Å². The molecule has 0 aliphatic rings. The minimum atomic E-state index is -1.07. The molecule has 0 saturated carbocycles. The zero-order chi connectivity index (χ0) is 26.5. The molecule has 4 rings (SSSR count). The van der Waals surface area contributed by atoms with Crippen LogP contribution in [0.25, 0.3) is 10.9 Å². The second-order valence-electron chi connectivity index (χ2n) is 8.62. The van der Waals surface area contributed by atoms with Crippen molar-refractivity contribution in [1.29, 1.82) is 0 Å². The number of nitrogens with zero attached hydrogens (tertiary/aromatic N) is 3. The van der Waals surface area contributed by atoms with E-state index < -0.39 is 17.7 Å². The summed E-state index contributed by atoms with van der Waals surface area (Å²) in [5, 5.41) is 16.3. The van der Waals surface area contributed by atoms with Gasteiger partial charge in [0.1, 0.15) is 12.1 Å². The molecule has 1 atom stereocenters. The van der Waals surface area contributed by atoms with E-state index in [0.717, 1.165) is 11.6 Å². The quantitative estimate of drug-likeness (QED) is 0.307. The van der Waals surface area contributed by atoms with Gasteiger partial charge in [0, 0.05) is 23.2 Å². The number of anilines is 2. The number of nitrogens with one attached hydrogen (secondary N) is 2. The Kier molecular flexibility index (Phi) is 7.59. The van der Waals surface area contributed by atoms with Gasteiger partial charge in [0.15, 0.2) is 11.6 Å². The Labute approximate surface area is 212 Å². The number of benzene rings is 3. The predicted octanol–water partition coefficient (Wildman–Crippen LogP) is 4.44. The Morgan fingerprint density at radius 1 is 1.08 bits per heavy atom. The molecule has 190 valence electrons. The molecule has 1 aromatic heterocycles. The highest BCUT2D eigenvalue weighted by molar-refractivity contribution is 6.05. The Morgan fingerprint density at radius 2 is 1.86 bits per heavy atom. The minimum absolute atomic E-state index is 0.0591. The van der Waals surface area contributed by atoms with Crippen LogP contribution in [-0.4, -0.2) is 59.6 Å². The Bertz CT molecular complexity index is 1460. The molecule has 0 spiro atoms. The Balaban J connectivity index is 1.62. The van der Waals surface area contributed by atoms with Crippen LogP contribution in [0.15, 0.2) is 67.0 Å². The van der Waals surface area contributed by atoms with Crippen molar-refractivity contribution in [1.82, 2.24) is 14.9 Å². The van der Waals surface area contributed by atoms with Crippen molar-refractivity contribution in [3.63, 3.8) is 0 Å². The first kappa shape index (κ1) is 25.5. The molecular weight excluding hydrogens is 477 g/mol. The summed E-state index contributed by atoms with van der Waals surface area (Å²) in [6, 6.07) is 16.0. The number of fused-ring (bicyclic) bond motifs is 1. The normalized spacial score (nSPS) is 11.8. The topological polar surface area (TPSA) is 117 Å². The number of aromatic carboxylic acids is 1. The third-order valence-corrected chi connectivity index (χ3v) is 5.71. The number of carbonyl (C=O) groups is 2. The van der Waals surface area contributed by atoms with Gasteiger partial charge in [0.05, 0.1) is 24.2 Å². The van der Waals surface area contributed by atoms with E-state index in [1.165, 1.54) is 31.6 Å². The lowest BCUT2D eigenvalue weighted by molar-refractivity contribution is 0.0698. The summed E-state index contributed by atoms with van der Waals surface area (Å²) in [7, 11) is 5.22. The number of rotatable bonds is 9. The highest BCUT2D eigenvalue weighted by atomic mass is 19.1. The number of hydrogen-bond acceptors (Lipinski definition) is 7. The molecule has 4 aromatic rings. The minimum Gasteiger partial charge on any atom is -0.494 e. The molecule has 37 heavy (non-hydrogen) atoms. The molecule has 1 unspecified atom stereocenters. The van der Waals surface area contributed by atoms with E-state index >= 15 is 0 Å². The van der Waals surface area contributed by atoms with Gasteiger partial charge in [-0.2, -0.15) is 0 Å². The Hall–Kier alpha value is -4.57. The number of carboxylic acids is 1. The molecule has 1 heterocycles. The molecular formula is C27H26FN5O4. The summed E-state index contributed by atoms with van der Waals surface area (Å²) in [5.41, 5.74) is 1.97. The summed E-state index contributed by atoms with van der Waals surface area (Å²) in [5.74, 6) is -1.60. The van der Waals surface area contributed by atoms with Crippen LogP contribution in [0.2, 0.25) is 0 Å². The molecule has 0 radical (unpaired) electrons. The van der Waals surface area contributed by atoms with Crippen molar-refractivity contribution in [2.75, 3.05) is 38.4 Å². The number of halogens is 1. The van der Waals surface area contributed by atoms with Crippen LogP contribution in [0.1, 0.15) is 32.3 Å². The standard InChI is InChI=1S/C27H26FN5O4/c1-33(2)14-22(32-25-19-8-5-9-20(27(35)36)24(19)29-15-30-25)16-6-4-7-18(12-16)31-26(34)17-10-11-23(37-3)21(28)13-17/h4-13,15,22H,14H2,1-3H3,(H,31,34)(H,35,36)(H,29,30,32). The first-order valence-corrected chi connectivity index (χ1v) is 11.4. The summed E-state index contributed by atoms with van der Waals surface area (Å²) >= 11 is 0. The Morgan fingerprint density at radius 3 is 2.57 bits per heavy atom. The molecule has 0 aliphatic heterocycles. The van der Waals surface area contributed by atoms with E-state index in [2.05, 4.69) is 20.6 Å².